The second-order valence-corrected chi connectivity index (χ2v) is 6.20. The van der Waals surface area contributed by atoms with Crippen LogP contribution in [0.15, 0.2) is 16.6 Å². The topological polar surface area (TPSA) is 12.0 Å². The molecule has 1 saturated heterocycles. The summed E-state index contributed by atoms with van der Waals surface area (Å²) < 4.78 is 13.8. The van der Waals surface area contributed by atoms with Crippen molar-refractivity contribution in [2.75, 3.05) is 23.4 Å². The molecule has 0 amide bonds. The molecule has 88 valence electrons. The van der Waals surface area contributed by atoms with Gasteiger partial charge in [-0.25, -0.2) is 4.39 Å². The Morgan fingerprint density at radius 1 is 1.56 bits per heavy atom. The molecule has 1 aromatic rings. The normalized spacial score (nSPS) is 20.1. The quantitative estimate of drug-likeness (QED) is 0.903. The van der Waals surface area contributed by atoms with E-state index in [1.807, 2.05) is 24.8 Å². The van der Waals surface area contributed by atoms with Crippen molar-refractivity contribution in [2.24, 2.45) is 5.92 Å². The molecule has 1 heterocycles. The Morgan fingerprint density at radius 3 is 3.06 bits per heavy atom. The summed E-state index contributed by atoms with van der Waals surface area (Å²) in [6, 6.07) is 3.39. The van der Waals surface area contributed by atoms with Gasteiger partial charge in [0.1, 0.15) is 5.82 Å². The van der Waals surface area contributed by atoms with Crippen molar-refractivity contribution in [3.8, 4) is 0 Å². The molecule has 0 radical (unpaired) electrons. The van der Waals surface area contributed by atoms with Gasteiger partial charge in [0.15, 0.2) is 0 Å². The van der Waals surface area contributed by atoms with Crippen molar-refractivity contribution in [3.05, 3.63) is 28.0 Å². The minimum atomic E-state index is -0.195. The van der Waals surface area contributed by atoms with Crippen LogP contribution in [-0.4, -0.2) is 18.1 Å². The molecule has 1 unspecified atom stereocenters. The molecule has 1 aliphatic rings. The molecule has 1 N–H and O–H groups in total. The van der Waals surface area contributed by atoms with E-state index in [-0.39, 0.29) is 5.82 Å². The molecule has 0 aromatic heterocycles. The van der Waals surface area contributed by atoms with Crippen LogP contribution >= 0.6 is 27.7 Å². The number of rotatable bonds is 3. The lowest BCUT2D eigenvalue weighted by atomic mass is 10.1. The number of halogens is 2. The van der Waals surface area contributed by atoms with E-state index in [1.54, 1.807) is 6.07 Å². The van der Waals surface area contributed by atoms with E-state index in [0.717, 1.165) is 23.7 Å². The standard InChI is InChI=1S/C12H15BrFNS/c1-8-4-11(14)10(13)5-12(8)15-6-9-2-3-16-7-9/h4-5,9,15H,2-3,6-7H2,1H3. The predicted molar refractivity (Wildman–Crippen MR) is 72.8 cm³/mol. The Kier molecular flexibility index (Phi) is 4.14. The number of aryl methyl sites for hydroxylation is 1. The summed E-state index contributed by atoms with van der Waals surface area (Å²) in [6.45, 7) is 2.92. The van der Waals surface area contributed by atoms with Gasteiger partial charge in [0.25, 0.3) is 0 Å². The van der Waals surface area contributed by atoms with E-state index in [4.69, 9.17) is 0 Å². The van der Waals surface area contributed by atoms with Crippen LogP contribution in [-0.2, 0) is 0 Å². The summed E-state index contributed by atoms with van der Waals surface area (Å²) in [5, 5.41) is 3.41. The highest BCUT2D eigenvalue weighted by Crippen LogP contribution is 2.27. The summed E-state index contributed by atoms with van der Waals surface area (Å²) in [6.07, 6.45) is 1.29. The van der Waals surface area contributed by atoms with Crippen LogP contribution in [0, 0.1) is 18.7 Å². The number of anilines is 1. The second kappa shape index (κ2) is 5.41. The average Bonchev–Trinajstić information content (AvgIpc) is 2.74. The van der Waals surface area contributed by atoms with Gasteiger partial charge in [0, 0.05) is 12.2 Å². The van der Waals surface area contributed by atoms with Gasteiger partial charge in [0.2, 0.25) is 0 Å². The van der Waals surface area contributed by atoms with Crippen molar-refractivity contribution in [2.45, 2.75) is 13.3 Å². The predicted octanol–water partition coefficient (Wildman–Crippen LogP) is 4.06. The molecule has 0 aliphatic carbocycles. The van der Waals surface area contributed by atoms with E-state index < -0.39 is 0 Å². The van der Waals surface area contributed by atoms with Crippen molar-refractivity contribution in [1.82, 2.24) is 0 Å². The molecule has 0 saturated carbocycles. The third-order valence-electron chi connectivity index (χ3n) is 2.87. The summed E-state index contributed by atoms with van der Waals surface area (Å²) >= 11 is 5.23. The van der Waals surface area contributed by atoms with Gasteiger partial charge in [0.05, 0.1) is 4.47 Å². The summed E-state index contributed by atoms with van der Waals surface area (Å²) in [5.41, 5.74) is 2.00. The Morgan fingerprint density at radius 2 is 2.38 bits per heavy atom. The first-order valence-corrected chi connectivity index (χ1v) is 7.39. The second-order valence-electron chi connectivity index (χ2n) is 4.19. The molecule has 1 atom stereocenters. The third-order valence-corrected chi connectivity index (χ3v) is 4.71. The van der Waals surface area contributed by atoms with Gasteiger partial charge in [-0.3, -0.25) is 0 Å². The zero-order chi connectivity index (χ0) is 11.5. The van der Waals surface area contributed by atoms with Crippen LogP contribution in [0.25, 0.3) is 0 Å². The molecule has 1 fully saturated rings. The van der Waals surface area contributed by atoms with E-state index in [2.05, 4.69) is 21.2 Å². The lowest BCUT2D eigenvalue weighted by molar-refractivity contribution is 0.618. The molecular formula is C12H15BrFNS. The van der Waals surface area contributed by atoms with Gasteiger partial charge in [-0.05, 0) is 64.4 Å². The van der Waals surface area contributed by atoms with Crippen LogP contribution in [0.2, 0.25) is 0 Å². The first-order chi connectivity index (χ1) is 7.66. The van der Waals surface area contributed by atoms with Crippen LogP contribution < -0.4 is 5.32 Å². The minimum absolute atomic E-state index is 0.195. The Hall–Kier alpha value is -0.220. The van der Waals surface area contributed by atoms with E-state index in [0.29, 0.717) is 4.47 Å². The number of hydrogen-bond acceptors (Lipinski definition) is 2. The van der Waals surface area contributed by atoms with Gasteiger partial charge in [-0.1, -0.05) is 0 Å². The lowest BCUT2D eigenvalue weighted by Crippen LogP contribution is -2.14. The van der Waals surface area contributed by atoms with Gasteiger partial charge in [-0.15, -0.1) is 0 Å². The molecule has 4 heteroatoms. The zero-order valence-electron chi connectivity index (χ0n) is 9.22. The molecule has 2 rings (SSSR count). The van der Waals surface area contributed by atoms with Gasteiger partial charge < -0.3 is 5.32 Å². The fourth-order valence-electron chi connectivity index (χ4n) is 1.84. The van der Waals surface area contributed by atoms with Gasteiger partial charge in [-0.2, -0.15) is 11.8 Å². The van der Waals surface area contributed by atoms with E-state index >= 15 is 0 Å². The molecule has 16 heavy (non-hydrogen) atoms. The third kappa shape index (κ3) is 2.92. The minimum Gasteiger partial charge on any atom is -0.384 e. The van der Waals surface area contributed by atoms with Crippen LogP contribution in [0.4, 0.5) is 10.1 Å². The molecule has 1 nitrogen and oxygen atoms in total. The Labute approximate surface area is 108 Å². The number of hydrogen-bond donors (Lipinski definition) is 1. The maximum Gasteiger partial charge on any atom is 0.137 e. The zero-order valence-corrected chi connectivity index (χ0v) is 11.6. The molecule has 0 bridgehead atoms. The van der Waals surface area contributed by atoms with Crippen LogP contribution in [0.5, 0.6) is 0 Å². The maximum absolute atomic E-state index is 13.2. The smallest absolute Gasteiger partial charge is 0.137 e. The monoisotopic (exact) mass is 303 g/mol. The first-order valence-electron chi connectivity index (χ1n) is 5.44. The number of nitrogens with one attached hydrogen (secondary N) is 1. The summed E-state index contributed by atoms with van der Waals surface area (Å²) in [7, 11) is 0. The Bertz CT molecular complexity index is 378. The highest BCUT2D eigenvalue weighted by molar-refractivity contribution is 9.10. The molecule has 1 aliphatic heterocycles. The highest BCUT2D eigenvalue weighted by atomic mass is 79.9. The largest absolute Gasteiger partial charge is 0.384 e. The fraction of sp³-hybridized carbons (Fsp3) is 0.500. The first kappa shape index (κ1) is 12.2. The van der Waals surface area contributed by atoms with E-state index in [9.17, 15) is 4.39 Å². The van der Waals surface area contributed by atoms with E-state index in [1.165, 1.54) is 17.9 Å². The molecular weight excluding hydrogens is 289 g/mol. The van der Waals surface area contributed by atoms with Crippen molar-refractivity contribution >= 4 is 33.4 Å². The van der Waals surface area contributed by atoms with Crippen molar-refractivity contribution < 1.29 is 4.39 Å². The lowest BCUT2D eigenvalue weighted by Gasteiger charge is -2.14. The van der Waals surface area contributed by atoms with Gasteiger partial charge >= 0.3 is 0 Å². The Balaban J connectivity index is 2.00. The number of thioether (sulfide) groups is 1. The SMILES string of the molecule is Cc1cc(F)c(Br)cc1NCC1CCSC1. The van der Waals surface area contributed by atoms with Crippen LogP contribution in [0.3, 0.4) is 0 Å². The van der Waals surface area contributed by atoms with Crippen LogP contribution in [0.1, 0.15) is 12.0 Å². The average molecular weight is 304 g/mol. The number of benzene rings is 1. The fourth-order valence-corrected chi connectivity index (χ4v) is 3.46. The molecule has 0 spiro atoms. The van der Waals surface area contributed by atoms with Crippen molar-refractivity contribution in [3.63, 3.8) is 0 Å². The summed E-state index contributed by atoms with van der Waals surface area (Å²) in [5.74, 6) is 3.08. The van der Waals surface area contributed by atoms with Crippen molar-refractivity contribution in [1.29, 1.82) is 0 Å². The maximum atomic E-state index is 13.2. The summed E-state index contributed by atoms with van der Waals surface area (Å²) in [4.78, 5) is 0. The highest BCUT2D eigenvalue weighted by Gasteiger charge is 2.15. The molecule has 1 aromatic carbocycles.